The van der Waals surface area contributed by atoms with E-state index in [4.69, 9.17) is 4.98 Å². The first-order chi connectivity index (χ1) is 11.3. The summed E-state index contributed by atoms with van der Waals surface area (Å²) in [4.78, 5) is 4.91. The minimum atomic E-state index is 0.863. The smallest absolute Gasteiger partial charge is 0.0726 e. The van der Waals surface area contributed by atoms with Crippen molar-refractivity contribution < 1.29 is 0 Å². The minimum Gasteiger partial charge on any atom is -0.380 e. The third-order valence-corrected chi connectivity index (χ3v) is 4.72. The molecule has 0 aliphatic heterocycles. The van der Waals surface area contributed by atoms with Crippen LogP contribution in [0, 0.1) is 6.92 Å². The van der Waals surface area contributed by atoms with E-state index in [1.54, 1.807) is 0 Å². The van der Waals surface area contributed by atoms with Gasteiger partial charge in [0, 0.05) is 23.3 Å². The van der Waals surface area contributed by atoms with Crippen molar-refractivity contribution in [3.8, 4) is 0 Å². The molecule has 23 heavy (non-hydrogen) atoms. The number of nitrogens with one attached hydrogen (secondary N) is 1. The molecule has 0 bridgehead atoms. The van der Waals surface area contributed by atoms with E-state index in [0.29, 0.717) is 0 Å². The highest BCUT2D eigenvalue weighted by Gasteiger charge is 2.17. The molecule has 0 radical (unpaired) electrons. The van der Waals surface area contributed by atoms with Crippen LogP contribution in [0.2, 0.25) is 0 Å². The maximum absolute atomic E-state index is 4.91. The van der Waals surface area contributed by atoms with Crippen LogP contribution < -0.4 is 5.32 Å². The van der Waals surface area contributed by atoms with Crippen LogP contribution in [0.25, 0.3) is 10.9 Å². The van der Waals surface area contributed by atoms with Crippen LogP contribution >= 0.6 is 0 Å². The predicted molar refractivity (Wildman–Crippen MR) is 96.9 cm³/mol. The summed E-state index contributed by atoms with van der Waals surface area (Å²) >= 11 is 0. The first-order valence-corrected chi connectivity index (χ1v) is 8.51. The lowest BCUT2D eigenvalue weighted by atomic mass is 9.92. The number of aromatic nitrogens is 1. The Morgan fingerprint density at radius 3 is 2.78 bits per heavy atom. The molecule has 1 aromatic heterocycles. The number of nitrogens with zero attached hydrogens (tertiary/aromatic N) is 1. The number of benzene rings is 2. The Hall–Kier alpha value is -2.35. The zero-order chi connectivity index (χ0) is 15.6. The second-order valence-electron chi connectivity index (χ2n) is 6.48. The van der Waals surface area contributed by atoms with Gasteiger partial charge in [-0.2, -0.15) is 0 Å². The molecule has 0 saturated heterocycles. The van der Waals surface area contributed by atoms with E-state index in [9.17, 15) is 0 Å². The fourth-order valence-corrected chi connectivity index (χ4v) is 3.59. The fourth-order valence-electron chi connectivity index (χ4n) is 3.59. The molecule has 0 saturated carbocycles. The van der Waals surface area contributed by atoms with Crippen LogP contribution in [0.15, 0.2) is 48.5 Å². The van der Waals surface area contributed by atoms with E-state index in [2.05, 4.69) is 60.8 Å². The summed E-state index contributed by atoms with van der Waals surface area (Å²) in [7, 11) is 0. The van der Waals surface area contributed by atoms with Crippen LogP contribution in [0.5, 0.6) is 0 Å². The summed E-state index contributed by atoms with van der Waals surface area (Å²) in [6.45, 7) is 3.01. The summed E-state index contributed by atoms with van der Waals surface area (Å²) in [5.41, 5.74) is 7.78. The van der Waals surface area contributed by atoms with Crippen LogP contribution in [0.1, 0.15) is 35.2 Å². The van der Waals surface area contributed by atoms with Crippen LogP contribution in [0.3, 0.4) is 0 Å². The van der Waals surface area contributed by atoms with Crippen LogP contribution in [-0.2, 0) is 19.4 Å². The van der Waals surface area contributed by atoms with Gasteiger partial charge in [0.25, 0.3) is 0 Å². The van der Waals surface area contributed by atoms with Gasteiger partial charge in [-0.3, -0.25) is 4.98 Å². The Bertz CT molecular complexity index is 852. The number of pyridine rings is 1. The molecule has 1 aliphatic carbocycles. The van der Waals surface area contributed by atoms with E-state index in [1.165, 1.54) is 46.3 Å². The van der Waals surface area contributed by atoms with Gasteiger partial charge in [-0.25, -0.2) is 0 Å². The van der Waals surface area contributed by atoms with Crippen LogP contribution in [-0.4, -0.2) is 4.98 Å². The van der Waals surface area contributed by atoms with E-state index in [0.717, 1.165) is 24.9 Å². The third kappa shape index (κ3) is 2.81. The van der Waals surface area contributed by atoms with Gasteiger partial charge in [0.15, 0.2) is 0 Å². The zero-order valence-corrected chi connectivity index (χ0v) is 13.6. The normalized spacial score (nSPS) is 13.8. The molecule has 3 aromatic rings. The lowest BCUT2D eigenvalue weighted by Crippen LogP contribution is -2.11. The first kappa shape index (κ1) is 14.3. The van der Waals surface area contributed by atoms with Gasteiger partial charge in [-0.15, -0.1) is 0 Å². The molecular weight excluding hydrogens is 280 g/mol. The molecule has 116 valence electrons. The fraction of sp³-hybridized carbons (Fsp3) is 0.286. The number of hydrogen-bond donors (Lipinski definition) is 1. The van der Waals surface area contributed by atoms with Crippen molar-refractivity contribution in [2.24, 2.45) is 0 Å². The second kappa shape index (κ2) is 6.04. The average molecular weight is 302 g/mol. The monoisotopic (exact) mass is 302 g/mol. The van der Waals surface area contributed by atoms with Crippen molar-refractivity contribution in [2.75, 3.05) is 5.32 Å². The highest BCUT2D eigenvalue weighted by atomic mass is 14.9. The summed E-state index contributed by atoms with van der Waals surface area (Å²) < 4.78 is 0. The average Bonchev–Trinajstić information content (AvgIpc) is 2.58. The van der Waals surface area contributed by atoms with Crippen molar-refractivity contribution >= 4 is 16.6 Å². The Balaban J connectivity index is 1.75. The van der Waals surface area contributed by atoms with Gasteiger partial charge in [-0.05, 0) is 49.8 Å². The van der Waals surface area contributed by atoms with Gasteiger partial charge in [-0.1, -0.05) is 48.0 Å². The van der Waals surface area contributed by atoms with Crippen molar-refractivity contribution in [1.29, 1.82) is 0 Å². The molecule has 0 fully saturated rings. The van der Waals surface area contributed by atoms with Crippen molar-refractivity contribution in [2.45, 2.75) is 39.2 Å². The largest absolute Gasteiger partial charge is 0.380 e. The molecule has 2 aromatic carbocycles. The first-order valence-electron chi connectivity index (χ1n) is 8.51. The molecule has 2 nitrogen and oxygen atoms in total. The maximum atomic E-state index is 4.91. The van der Waals surface area contributed by atoms with E-state index < -0.39 is 0 Å². The zero-order valence-electron chi connectivity index (χ0n) is 13.6. The van der Waals surface area contributed by atoms with Crippen molar-refractivity contribution in [1.82, 2.24) is 4.98 Å². The van der Waals surface area contributed by atoms with Crippen molar-refractivity contribution in [3.05, 3.63) is 70.9 Å². The Labute approximate surface area is 137 Å². The highest BCUT2D eigenvalue weighted by molar-refractivity contribution is 5.93. The van der Waals surface area contributed by atoms with E-state index >= 15 is 0 Å². The molecule has 0 atom stereocenters. The Morgan fingerprint density at radius 2 is 1.87 bits per heavy atom. The van der Waals surface area contributed by atoms with E-state index in [-0.39, 0.29) is 0 Å². The lowest BCUT2D eigenvalue weighted by molar-refractivity contribution is 0.672. The quantitative estimate of drug-likeness (QED) is 0.733. The van der Waals surface area contributed by atoms with E-state index in [1.807, 2.05) is 0 Å². The predicted octanol–water partition coefficient (Wildman–Crippen LogP) is 5.03. The topological polar surface area (TPSA) is 24.9 Å². The molecule has 2 heteroatoms. The summed E-state index contributed by atoms with van der Waals surface area (Å²) in [5.74, 6) is 0. The number of para-hydroxylation sites is 1. The Kier molecular flexibility index (Phi) is 3.74. The molecule has 4 rings (SSSR count). The lowest BCUT2D eigenvalue weighted by Gasteiger charge is -2.21. The SMILES string of the molecule is Cc1cccc(CNc2c3c(nc4ccccc24)CCCC3)c1. The molecule has 0 unspecified atom stereocenters. The molecule has 1 aliphatic rings. The molecule has 1 N–H and O–H groups in total. The van der Waals surface area contributed by atoms with Gasteiger partial charge in [0.2, 0.25) is 0 Å². The number of anilines is 1. The molecule has 0 amide bonds. The number of rotatable bonds is 3. The molecular formula is C21H22N2. The number of fused-ring (bicyclic) bond motifs is 2. The summed E-state index contributed by atoms with van der Waals surface area (Å²) in [6, 6.07) is 17.2. The minimum absolute atomic E-state index is 0.863. The highest BCUT2D eigenvalue weighted by Crippen LogP contribution is 2.33. The van der Waals surface area contributed by atoms with Crippen LogP contribution in [0.4, 0.5) is 5.69 Å². The Morgan fingerprint density at radius 1 is 1.00 bits per heavy atom. The molecule has 0 spiro atoms. The van der Waals surface area contributed by atoms with Gasteiger partial charge >= 0.3 is 0 Å². The third-order valence-electron chi connectivity index (χ3n) is 4.72. The standard InChI is InChI=1S/C21H22N2/c1-15-7-6-8-16(13-15)14-22-21-17-9-2-4-11-19(17)23-20-12-5-3-10-18(20)21/h2,4,6-9,11,13H,3,5,10,12,14H2,1H3,(H,22,23). The summed E-state index contributed by atoms with van der Waals surface area (Å²) in [6.07, 6.45) is 4.78. The van der Waals surface area contributed by atoms with Gasteiger partial charge in [0.1, 0.15) is 0 Å². The second-order valence-corrected chi connectivity index (χ2v) is 6.48. The van der Waals surface area contributed by atoms with Gasteiger partial charge in [0.05, 0.1) is 5.52 Å². The maximum Gasteiger partial charge on any atom is 0.0726 e. The number of hydrogen-bond acceptors (Lipinski definition) is 2. The van der Waals surface area contributed by atoms with Crippen molar-refractivity contribution in [3.63, 3.8) is 0 Å². The number of aryl methyl sites for hydroxylation is 2. The molecule has 1 heterocycles. The van der Waals surface area contributed by atoms with Gasteiger partial charge < -0.3 is 5.32 Å². The summed E-state index contributed by atoms with van der Waals surface area (Å²) in [5, 5.41) is 4.97.